The van der Waals surface area contributed by atoms with Crippen LogP contribution in [0.5, 0.6) is 17.2 Å². The van der Waals surface area contributed by atoms with Gasteiger partial charge in [-0.25, -0.2) is 9.97 Å². The molecule has 0 aliphatic rings. The van der Waals surface area contributed by atoms with E-state index in [4.69, 9.17) is 21.3 Å². The number of para-hydroxylation sites is 3. The minimum absolute atomic E-state index is 0.617. The van der Waals surface area contributed by atoms with Gasteiger partial charge in [-0.1, -0.05) is 91.0 Å². The zero-order valence-electron chi connectivity index (χ0n) is 26.0. The summed E-state index contributed by atoms with van der Waals surface area (Å²) in [4.78, 5) is 9.61. The van der Waals surface area contributed by atoms with Crippen LogP contribution >= 0.6 is 0 Å². The minimum atomic E-state index is -3.01. The normalized spacial score (nSPS) is 11.2. The van der Waals surface area contributed by atoms with E-state index in [2.05, 4.69) is 77.4 Å². The summed E-state index contributed by atoms with van der Waals surface area (Å²) >= 11 is -3.01. The highest BCUT2D eigenvalue weighted by Crippen LogP contribution is 2.37. The van der Waals surface area contributed by atoms with Crippen molar-refractivity contribution in [2.45, 2.75) is 13.8 Å². The molecule has 8 aromatic rings. The number of pyridine rings is 2. The van der Waals surface area contributed by atoms with Crippen LogP contribution in [0.15, 0.2) is 146 Å². The lowest BCUT2D eigenvalue weighted by atomic mass is 10.1. The van der Waals surface area contributed by atoms with E-state index in [0.29, 0.717) is 17.2 Å². The number of aryl methyl sites for hydroxylation is 2. The molecule has 0 amide bonds. The number of aromatic nitrogens is 3. The van der Waals surface area contributed by atoms with Crippen LogP contribution < -0.4 is 11.4 Å². The van der Waals surface area contributed by atoms with Crippen molar-refractivity contribution in [2.24, 2.45) is 0 Å². The van der Waals surface area contributed by atoms with Gasteiger partial charge in [-0.3, -0.25) is 0 Å². The lowest BCUT2D eigenvalue weighted by molar-refractivity contribution is 0.311. The maximum Gasteiger partial charge on any atom is 1.20 e. The van der Waals surface area contributed by atoms with E-state index >= 15 is 0 Å². The van der Waals surface area contributed by atoms with E-state index in [-0.39, 0.29) is 0 Å². The first-order chi connectivity index (χ1) is 23.1. The van der Waals surface area contributed by atoms with Crippen LogP contribution in [0.4, 0.5) is 0 Å². The maximum atomic E-state index is 6.86. The Bertz CT molecular complexity index is 2290. The summed E-state index contributed by atoms with van der Waals surface area (Å²) < 4.78 is 22.6. The van der Waals surface area contributed by atoms with E-state index in [1.54, 1.807) is 0 Å². The number of hydrogen-bond acceptors (Lipinski definition) is 5. The molecule has 5 aromatic carbocycles. The highest BCUT2D eigenvalue weighted by atomic mass is 27.3. The monoisotopic (exact) mass is 627 g/mol. The van der Waals surface area contributed by atoms with E-state index in [0.717, 1.165) is 61.0 Å². The number of benzene rings is 5. The maximum absolute atomic E-state index is 6.86. The average molecular weight is 628 g/mol. The summed E-state index contributed by atoms with van der Waals surface area (Å²) in [6.07, 6.45) is 0. The second-order valence-corrected chi connectivity index (χ2v) is 12.7. The predicted molar refractivity (Wildman–Crippen MR) is 189 cm³/mol. The summed E-state index contributed by atoms with van der Waals surface area (Å²) in [6.45, 7) is 3.95. The third-order valence-corrected chi connectivity index (χ3v) is 9.54. The second-order valence-electron chi connectivity index (χ2n) is 11.5. The Labute approximate surface area is 277 Å². The van der Waals surface area contributed by atoms with Gasteiger partial charge in [0.1, 0.15) is 22.5 Å². The molecule has 0 saturated carbocycles. The molecule has 226 valence electrons. The van der Waals surface area contributed by atoms with Gasteiger partial charge in [-0.15, -0.1) is 0 Å². The highest BCUT2D eigenvalue weighted by molar-refractivity contribution is 6.40. The zero-order chi connectivity index (χ0) is 31.7. The smallest absolute Gasteiger partial charge is 0.577 e. The standard InChI is InChI=1S/C20H15NO.2C10H9NO.Al/c22-20-13-7-12-18-17(20)14-19(15-8-3-1-4-9-15)21(18)16-10-5-2-6-11-16;2*1-7-5-6-8-3-2-4-9(12)10(8)11-7;/h1-14,22H;2*2-6,12H,1H3;/q;;;+3/p-3. The summed E-state index contributed by atoms with van der Waals surface area (Å²) in [5.74, 6) is 1.91. The highest BCUT2D eigenvalue weighted by Gasteiger charge is 2.46. The number of nitrogens with zero attached hydrogens (tertiary/aromatic N) is 3. The van der Waals surface area contributed by atoms with E-state index < -0.39 is 15.1 Å². The van der Waals surface area contributed by atoms with Crippen molar-refractivity contribution in [1.82, 2.24) is 14.5 Å². The van der Waals surface area contributed by atoms with Crippen molar-refractivity contribution in [1.29, 1.82) is 0 Å². The molecular formula is C40H30AlN3O3. The van der Waals surface area contributed by atoms with Crippen LogP contribution in [0.2, 0.25) is 0 Å². The van der Waals surface area contributed by atoms with Crippen LogP contribution in [0, 0.1) is 13.8 Å². The summed E-state index contributed by atoms with van der Waals surface area (Å²) in [5, 5.41) is 2.93. The fourth-order valence-corrected chi connectivity index (χ4v) is 7.34. The molecule has 0 aliphatic carbocycles. The number of hydrogen-bond donors (Lipinski definition) is 0. The van der Waals surface area contributed by atoms with Crippen LogP contribution in [-0.4, -0.2) is 29.7 Å². The fourth-order valence-electron chi connectivity index (χ4n) is 5.99. The molecule has 0 bridgehead atoms. The zero-order valence-corrected chi connectivity index (χ0v) is 27.2. The quantitative estimate of drug-likeness (QED) is 0.157. The topological polar surface area (TPSA) is 58.4 Å². The first-order valence-electron chi connectivity index (χ1n) is 15.6. The molecule has 0 fully saturated rings. The van der Waals surface area contributed by atoms with Crippen molar-refractivity contribution in [2.75, 3.05) is 0 Å². The second kappa shape index (κ2) is 12.3. The first-order valence-corrected chi connectivity index (χ1v) is 17.0. The lowest BCUT2D eigenvalue weighted by Crippen LogP contribution is -2.37. The van der Waals surface area contributed by atoms with Gasteiger partial charge in [0, 0.05) is 33.2 Å². The molecule has 0 aliphatic heterocycles. The third kappa shape index (κ3) is 5.68. The van der Waals surface area contributed by atoms with E-state index in [1.165, 1.54) is 0 Å². The Morgan fingerprint density at radius 1 is 0.511 bits per heavy atom. The van der Waals surface area contributed by atoms with Crippen molar-refractivity contribution >= 4 is 47.9 Å². The molecule has 3 aromatic heterocycles. The van der Waals surface area contributed by atoms with E-state index in [9.17, 15) is 0 Å². The summed E-state index contributed by atoms with van der Waals surface area (Å²) in [7, 11) is 0. The van der Waals surface area contributed by atoms with Crippen LogP contribution in [0.25, 0.3) is 49.7 Å². The van der Waals surface area contributed by atoms with Gasteiger partial charge in [0.2, 0.25) is 0 Å². The number of fused-ring (bicyclic) bond motifs is 3. The van der Waals surface area contributed by atoms with Crippen LogP contribution in [0.3, 0.4) is 0 Å². The van der Waals surface area contributed by atoms with Crippen molar-refractivity contribution in [3.05, 3.63) is 157 Å². The molecule has 3 heterocycles. The van der Waals surface area contributed by atoms with Gasteiger partial charge in [-0.05, 0) is 74.0 Å². The van der Waals surface area contributed by atoms with Crippen molar-refractivity contribution < 1.29 is 11.4 Å². The Kier molecular flexibility index (Phi) is 7.55. The summed E-state index contributed by atoms with van der Waals surface area (Å²) in [6, 6.07) is 49.0. The Hall–Kier alpha value is -5.61. The average Bonchev–Trinajstić information content (AvgIpc) is 3.50. The fraction of sp³-hybridized carbons (Fsp3) is 0.0500. The number of rotatable bonds is 8. The molecule has 47 heavy (non-hydrogen) atoms. The third-order valence-electron chi connectivity index (χ3n) is 8.20. The molecule has 0 N–H and O–H groups in total. The molecule has 0 unspecified atom stereocenters. The van der Waals surface area contributed by atoms with Gasteiger partial charge in [0.15, 0.2) is 0 Å². The van der Waals surface area contributed by atoms with Gasteiger partial charge < -0.3 is 15.9 Å². The first kappa shape index (κ1) is 28.8. The minimum Gasteiger partial charge on any atom is -0.577 e. The van der Waals surface area contributed by atoms with Crippen molar-refractivity contribution in [3.63, 3.8) is 0 Å². The molecule has 0 atom stereocenters. The Morgan fingerprint density at radius 3 is 1.66 bits per heavy atom. The van der Waals surface area contributed by atoms with Gasteiger partial charge in [0.05, 0.1) is 17.0 Å². The van der Waals surface area contributed by atoms with Crippen molar-refractivity contribution in [3.8, 4) is 34.2 Å². The molecule has 6 nitrogen and oxygen atoms in total. The Morgan fingerprint density at radius 2 is 1.04 bits per heavy atom. The van der Waals surface area contributed by atoms with Crippen LogP contribution in [-0.2, 0) is 0 Å². The Balaban J connectivity index is 1.27. The molecular weight excluding hydrogens is 597 g/mol. The predicted octanol–water partition coefficient (Wildman–Crippen LogP) is 9.53. The molecule has 7 heteroatoms. The van der Waals surface area contributed by atoms with E-state index in [1.807, 2.05) is 86.6 Å². The molecule has 8 rings (SSSR count). The lowest BCUT2D eigenvalue weighted by Gasteiger charge is -2.19. The van der Waals surface area contributed by atoms with Gasteiger partial charge in [-0.2, -0.15) is 0 Å². The molecule has 0 saturated heterocycles. The largest absolute Gasteiger partial charge is 1.20 e. The van der Waals surface area contributed by atoms with Crippen LogP contribution in [0.1, 0.15) is 11.4 Å². The van der Waals surface area contributed by atoms with Gasteiger partial charge in [0.25, 0.3) is 0 Å². The molecule has 0 radical (unpaired) electrons. The SMILES string of the molecule is Cc1ccc2cccc([O][Al]([O]c3cccc4c3cc(-c3ccccc3)n4-c3ccccc3)[O]c3cccc4ccc(C)nc34)c2n1. The molecule has 0 spiro atoms. The van der Waals surface area contributed by atoms with Gasteiger partial charge >= 0.3 is 15.1 Å². The summed E-state index contributed by atoms with van der Waals surface area (Å²) in [5.41, 5.74) is 7.59.